The number of primary amides is 1. The predicted molar refractivity (Wildman–Crippen MR) is 86.6 cm³/mol. The standard InChI is InChI=1S/C15H12ClN3O5/c16-10-3-4-12(17)11(6-10)15(21)24-7-9-2-1-8(14(18)20)5-13(9)19(22)23/h1-6H,7,17H2,(H2,18,20). The number of benzene rings is 2. The minimum Gasteiger partial charge on any atom is -0.457 e. The number of nitro benzene ring substituents is 1. The van der Waals surface area contributed by atoms with Crippen LogP contribution in [0, 0.1) is 10.1 Å². The Morgan fingerprint density at radius 1 is 1.21 bits per heavy atom. The Bertz CT molecular complexity index is 838. The zero-order valence-corrected chi connectivity index (χ0v) is 12.9. The van der Waals surface area contributed by atoms with Gasteiger partial charge in [-0.1, -0.05) is 11.6 Å². The molecule has 1 amide bonds. The highest BCUT2D eigenvalue weighted by Crippen LogP contribution is 2.23. The summed E-state index contributed by atoms with van der Waals surface area (Å²) in [4.78, 5) is 33.5. The third-order valence-corrected chi connectivity index (χ3v) is 3.40. The monoisotopic (exact) mass is 349 g/mol. The molecule has 8 nitrogen and oxygen atoms in total. The minimum absolute atomic E-state index is 0.0177. The fraction of sp³-hybridized carbons (Fsp3) is 0.0667. The smallest absolute Gasteiger partial charge is 0.340 e. The van der Waals surface area contributed by atoms with Crippen molar-refractivity contribution < 1.29 is 19.2 Å². The van der Waals surface area contributed by atoms with Crippen LogP contribution in [0.15, 0.2) is 36.4 Å². The fourth-order valence-corrected chi connectivity index (χ4v) is 2.11. The van der Waals surface area contributed by atoms with Crippen LogP contribution in [0.25, 0.3) is 0 Å². The molecule has 0 fully saturated rings. The van der Waals surface area contributed by atoms with Crippen LogP contribution in [0.1, 0.15) is 26.3 Å². The van der Waals surface area contributed by atoms with Crippen molar-refractivity contribution in [1.29, 1.82) is 0 Å². The van der Waals surface area contributed by atoms with Gasteiger partial charge < -0.3 is 16.2 Å². The Morgan fingerprint density at radius 2 is 1.92 bits per heavy atom. The number of esters is 1. The SMILES string of the molecule is NC(=O)c1ccc(COC(=O)c2cc(Cl)ccc2N)c([N+](=O)[O-])c1. The molecule has 24 heavy (non-hydrogen) atoms. The number of hydrogen-bond donors (Lipinski definition) is 2. The lowest BCUT2D eigenvalue weighted by Gasteiger charge is -2.08. The topological polar surface area (TPSA) is 139 Å². The molecule has 0 aliphatic rings. The lowest BCUT2D eigenvalue weighted by molar-refractivity contribution is -0.385. The van der Waals surface area contributed by atoms with Gasteiger partial charge >= 0.3 is 5.97 Å². The first-order valence-corrected chi connectivity index (χ1v) is 6.96. The Hall–Kier alpha value is -3.13. The van der Waals surface area contributed by atoms with E-state index >= 15 is 0 Å². The van der Waals surface area contributed by atoms with E-state index in [1.54, 1.807) is 0 Å². The van der Waals surface area contributed by atoms with Crippen molar-refractivity contribution in [3.8, 4) is 0 Å². The van der Waals surface area contributed by atoms with Gasteiger partial charge in [0.15, 0.2) is 0 Å². The van der Waals surface area contributed by atoms with Crippen LogP contribution in [-0.2, 0) is 11.3 Å². The van der Waals surface area contributed by atoms with Gasteiger partial charge in [0.2, 0.25) is 5.91 Å². The molecular weight excluding hydrogens is 338 g/mol. The summed E-state index contributed by atoms with van der Waals surface area (Å²) in [5.74, 6) is -1.57. The molecule has 0 aliphatic carbocycles. The molecule has 0 bridgehead atoms. The van der Waals surface area contributed by atoms with Crippen molar-refractivity contribution in [3.63, 3.8) is 0 Å². The summed E-state index contributed by atoms with van der Waals surface area (Å²) in [6.07, 6.45) is 0. The van der Waals surface area contributed by atoms with E-state index in [-0.39, 0.29) is 34.7 Å². The van der Waals surface area contributed by atoms with Gasteiger partial charge in [0.05, 0.1) is 16.1 Å². The molecule has 0 aliphatic heterocycles. The molecule has 0 saturated carbocycles. The van der Waals surface area contributed by atoms with Gasteiger partial charge in [-0.05, 0) is 30.3 Å². The number of halogens is 1. The number of nitro groups is 1. The van der Waals surface area contributed by atoms with Gasteiger partial charge in [-0.25, -0.2) is 4.79 Å². The van der Waals surface area contributed by atoms with Crippen molar-refractivity contribution in [2.45, 2.75) is 6.61 Å². The average Bonchev–Trinajstić information content (AvgIpc) is 2.54. The Kier molecular flexibility index (Phi) is 5.00. The number of carbonyl (C=O) groups excluding carboxylic acids is 2. The maximum Gasteiger partial charge on any atom is 0.340 e. The number of anilines is 1. The van der Waals surface area contributed by atoms with Crippen LogP contribution < -0.4 is 11.5 Å². The second-order valence-electron chi connectivity index (χ2n) is 4.77. The van der Waals surface area contributed by atoms with Gasteiger partial charge in [0.1, 0.15) is 6.61 Å². The Morgan fingerprint density at radius 3 is 2.54 bits per heavy atom. The van der Waals surface area contributed by atoms with E-state index in [1.807, 2.05) is 0 Å². The number of amides is 1. The quantitative estimate of drug-likeness (QED) is 0.367. The minimum atomic E-state index is -0.798. The molecule has 0 unspecified atom stereocenters. The molecule has 0 heterocycles. The number of nitrogens with two attached hydrogens (primary N) is 2. The second-order valence-corrected chi connectivity index (χ2v) is 5.21. The zero-order valence-electron chi connectivity index (χ0n) is 12.2. The van der Waals surface area contributed by atoms with Gasteiger partial charge in [-0.3, -0.25) is 14.9 Å². The number of carbonyl (C=O) groups is 2. The predicted octanol–water partition coefficient (Wildman–Crippen LogP) is 2.29. The van der Waals surface area contributed by atoms with Crippen molar-refractivity contribution >= 4 is 34.9 Å². The summed E-state index contributed by atoms with van der Waals surface area (Å²) in [6, 6.07) is 7.94. The third kappa shape index (κ3) is 3.79. The van der Waals surface area contributed by atoms with Crippen LogP contribution in [0.4, 0.5) is 11.4 Å². The molecule has 0 spiro atoms. The van der Waals surface area contributed by atoms with E-state index in [2.05, 4.69) is 0 Å². The van der Waals surface area contributed by atoms with Crippen LogP contribution in [0.5, 0.6) is 0 Å². The first-order chi connectivity index (χ1) is 11.3. The molecule has 2 aromatic rings. The molecule has 0 aromatic heterocycles. The van der Waals surface area contributed by atoms with E-state index in [1.165, 1.54) is 30.3 Å². The molecule has 2 aromatic carbocycles. The normalized spacial score (nSPS) is 10.2. The van der Waals surface area contributed by atoms with E-state index < -0.39 is 16.8 Å². The van der Waals surface area contributed by atoms with Gasteiger partial charge in [-0.15, -0.1) is 0 Å². The molecule has 4 N–H and O–H groups in total. The molecular formula is C15H12ClN3O5. The largest absolute Gasteiger partial charge is 0.457 e. The molecule has 2 rings (SSSR count). The lowest BCUT2D eigenvalue weighted by atomic mass is 10.1. The molecule has 0 saturated heterocycles. The number of nitrogens with zero attached hydrogens (tertiary/aromatic N) is 1. The van der Waals surface area contributed by atoms with Crippen molar-refractivity contribution in [2.24, 2.45) is 5.73 Å². The summed E-state index contributed by atoms with van der Waals surface area (Å²) in [5.41, 5.74) is 10.7. The molecule has 0 atom stereocenters. The van der Waals surface area contributed by atoms with Crippen molar-refractivity contribution in [1.82, 2.24) is 0 Å². The summed E-state index contributed by atoms with van der Waals surface area (Å²) in [6.45, 7) is -0.375. The van der Waals surface area contributed by atoms with E-state index in [9.17, 15) is 19.7 Å². The third-order valence-electron chi connectivity index (χ3n) is 3.16. The summed E-state index contributed by atoms with van der Waals surface area (Å²) in [7, 11) is 0. The summed E-state index contributed by atoms with van der Waals surface area (Å²) >= 11 is 5.80. The average molecular weight is 350 g/mol. The molecule has 0 radical (unpaired) electrons. The number of nitrogen functional groups attached to an aromatic ring is 1. The van der Waals surface area contributed by atoms with Gasteiger partial charge in [0, 0.05) is 22.3 Å². The lowest BCUT2D eigenvalue weighted by Crippen LogP contribution is -2.12. The number of rotatable bonds is 5. The van der Waals surface area contributed by atoms with Crippen LogP contribution in [0.3, 0.4) is 0 Å². The highest BCUT2D eigenvalue weighted by Gasteiger charge is 2.19. The summed E-state index contributed by atoms with van der Waals surface area (Å²) in [5, 5.41) is 11.4. The number of hydrogen-bond acceptors (Lipinski definition) is 6. The highest BCUT2D eigenvalue weighted by atomic mass is 35.5. The van der Waals surface area contributed by atoms with Gasteiger partial charge in [0.25, 0.3) is 5.69 Å². The molecule has 9 heteroatoms. The van der Waals surface area contributed by atoms with Crippen LogP contribution in [0.2, 0.25) is 5.02 Å². The zero-order chi connectivity index (χ0) is 17.9. The van der Waals surface area contributed by atoms with Crippen molar-refractivity contribution in [2.75, 3.05) is 5.73 Å². The Balaban J connectivity index is 2.22. The summed E-state index contributed by atoms with van der Waals surface area (Å²) < 4.78 is 5.04. The van der Waals surface area contributed by atoms with Crippen LogP contribution in [-0.4, -0.2) is 16.8 Å². The van der Waals surface area contributed by atoms with E-state index in [0.29, 0.717) is 5.02 Å². The fourth-order valence-electron chi connectivity index (χ4n) is 1.94. The number of ether oxygens (including phenoxy) is 1. The molecule has 124 valence electrons. The first-order valence-electron chi connectivity index (χ1n) is 6.59. The second kappa shape index (κ2) is 6.97. The highest BCUT2D eigenvalue weighted by molar-refractivity contribution is 6.31. The van der Waals surface area contributed by atoms with Crippen LogP contribution >= 0.6 is 11.6 Å². The first kappa shape index (κ1) is 17.2. The van der Waals surface area contributed by atoms with Crippen molar-refractivity contribution in [3.05, 3.63) is 68.2 Å². The maximum absolute atomic E-state index is 12.0. The van der Waals surface area contributed by atoms with Gasteiger partial charge in [-0.2, -0.15) is 0 Å². The van der Waals surface area contributed by atoms with E-state index in [4.69, 9.17) is 27.8 Å². The van der Waals surface area contributed by atoms with E-state index in [0.717, 1.165) is 6.07 Å². The maximum atomic E-state index is 12.0. The Labute approximate surface area is 141 Å².